The number of anilines is 1. The van der Waals surface area contributed by atoms with Crippen molar-refractivity contribution in [3.05, 3.63) is 23.9 Å². The molecule has 5 nitrogen and oxygen atoms in total. The molecule has 1 saturated heterocycles. The van der Waals surface area contributed by atoms with Crippen LogP contribution in [-0.4, -0.2) is 47.5 Å². The predicted molar refractivity (Wildman–Crippen MR) is 69.4 cm³/mol. The van der Waals surface area contributed by atoms with Crippen molar-refractivity contribution in [1.82, 2.24) is 14.8 Å². The van der Waals surface area contributed by atoms with Crippen molar-refractivity contribution in [2.24, 2.45) is 5.84 Å². The summed E-state index contributed by atoms with van der Waals surface area (Å²) in [5.41, 5.74) is 3.84. The molecule has 0 bridgehead atoms. The third kappa shape index (κ3) is 3.39. The summed E-state index contributed by atoms with van der Waals surface area (Å²) in [6.45, 7) is 8.98. The van der Waals surface area contributed by atoms with Crippen molar-refractivity contribution < 1.29 is 0 Å². The van der Waals surface area contributed by atoms with Crippen LogP contribution >= 0.6 is 0 Å². The molecule has 0 radical (unpaired) electrons. The number of nitrogens with two attached hydrogens (primary N) is 1. The minimum Gasteiger partial charge on any atom is -0.308 e. The van der Waals surface area contributed by atoms with E-state index in [1.165, 1.54) is 18.7 Å². The molecule has 1 aliphatic heterocycles. The zero-order valence-electron chi connectivity index (χ0n) is 10.4. The largest absolute Gasteiger partial charge is 0.308 e. The highest BCUT2D eigenvalue weighted by molar-refractivity contribution is 5.35. The van der Waals surface area contributed by atoms with Crippen molar-refractivity contribution in [1.29, 1.82) is 0 Å². The number of hydrazine groups is 1. The summed E-state index contributed by atoms with van der Waals surface area (Å²) in [5.74, 6) is 6.09. The lowest BCUT2D eigenvalue weighted by Gasteiger charge is -2.34. The number of nitrogen functional groups attached to an aromatic ring is 1. The first kappa shape index (κ1) is 12.3. The second-order valence-corrected chi connectivity index (χ2v) is 4.40. The van der Waals surface area contributed by atoms with Gasteiger partial charge in [-0.05, 0) is 24.2 Å². The summed E-state index contributed by atoms with van der Waals surface area (Å²) in [5, 5.41) is 0. The highest BCUT2D eigenvalue weighted by Crippen LogP contribution is 2.10. The Balaban J connectivity index is 1.88. The highest BCUT2D eigenvalue weighted by Gasteiger charge is 2.15. The Morgan fingerprint density at radius 2 is 2.00 bits per heavy atom. The highest BCUT2D eigenvalue weighted by atomic mass is 15.3. The fourth-order valence-electron chi connectivity index (χ4n) is 2.17. The number of piperazine rings is 1. The first-order valence-electron chi connectivity index (χ1n) is 6.18. The Kier molecular flexibility index (Phi) is 4.30. The molecule has 2 rings (SSSR count). The molecule has 94 valence electrons. The number of nitrogens with zero attached hydrogens (tertiary/aromatic N) is 3. The molecule has 0 spiro atoms. The molecule has 0 aliphatic carbocycles. The molecule has 1 aromatic rings. The van der Waals surface area contributed by atoms with Crippen LogP contribution in [0.5, 0.6) is 0 Å². The van der Waals surface area contributed by atoms with E-state index in [9.17, 15) is 0 Å². The molecule has 17 heavy (non-hydrogen) atoms. The number of rotatable bonds is 4. The average Bonchev–Trinajstić information content (AvgIpc) is 2.40. The first-order valence-corrected chi connectivity index (χ1v) is 6.18. The first-order chi connectivity index (χ1) is 8.31. The topological polar surface area (TPSA) is 57.4 Å². The lowest BCUT2D eigenvalue weighted by atomic mass is 10.2. The van der Waals surface area contributed by atoms with Crippen LogP contribution in [0, 0.1) is 0 Å². The van der Waals surface area contributed by atoms with Crippen LogP contribution in [0.3, 0.4) is 0 Å². The monoisotopic (exact) mass is 235 g/mol. The lowest BCUT2D eigenvalue weighted by molar-refractivity contribution is 0.132. The van der Waals surface area contributed by atoms with Crippen molar-refractivity contribution in [3.8, 4) is 0 Å². The number of likely N-dealkylation sites (N-methyl/N-ethyl adjacent to an activating group) is 1. The molecule has 1 fully saturated rings. The second kappa shape index (κ2) is 5.95. The van der Waals surface area contributed by atoms with E-state index in [4.69, 9.17) is 5.84 Å². The van der Waals surface area contributed by atoms with Gasteiger partial charge in [-0.3, -0.25) is 4.90 Å². The van der Waals surface area contributed by atoms with Crippen LogP contribution < -0.4 is 11.3 Å². The van der Waals surface area contributed by atoms with Gasteiger partial charge in [-0.15, -0.1) is 0 Å². The van der Waals surface area contributed by atoms with E-state index in [-0.39, 0.29) is 0 Å². The maximum Gasteiger partial charge on any atom is 0.140 e. The van der Waals surface area contributed by atoms with Crippen LogP contribution in [0.1, 0.15) is 12.5 Å². The van der Waals surface area contributed by atoms with Gasteiger partial charge < -0.3 is 10.3 Å². The number of hydrogen-bond acceptors (Lipinski definition) is 5. The molecule has 0 amide bonds. The van der Waals surface area contributed by atoms with Crippen LogP contribution in [0.4, 0.5) is 5.82 Å². The average molecular weight is 235 g/mol. The van der Waals surface area contributed by atoms with Gasteiger partial charge in [0.1, 0.15) is 5.82 Å². The molecule has 1 aliphatic rings. The molecule has 0 saturated carbocycles. The molecule has 0 atom stereocenters. The van der Waals surface area contributed by atoms with Gasteiger partial charge >= 0.3 is 0 Å². The summed E-state index contributed by atoms with van der Waals surface area (Å²) < 4.78 is 0. The molecule has 1 aromatic heterocycles. The number of nitrogens with one attached hydrogen (secondary N) is 1. The lowest BCUT2D eigenvalue weighted by Crippen LogP contribution is -2.45. The van der Waals surface area contributed by atoms with E-state index in [2.05, 4.69) is 27.1 Å². The van der Waals surface area contributed by atoms with Gasteiger partial charge in [-0.1, -0.05) is 6.92 Å². The van der Waals surface area contributed by atoms with E-state index >= 15 is 0 Å². The smallest absolute Gasteiger partial charge is 0.140 e. The van der Waals surface area contributed by atoms with Gasteiger partial charge in [0.2, 0.25) is 0 Å². The zero-order valence-corrected chi connectivity index (χ0v) is 10.4. The Bertz CT molecular complexity index is 347. The summed E-state index contributed by atoms with van der Waals surface area (Å²) in [7, 11) is 0. The summed E-state index contributed by atoms with van der Waals surface area (Å²) in [6, 6.07) is 4.05. The molecule has 0 aromatic carbocycles. The van der Waals surface area contributed by atoms with Crippen molar-refractivity contribution >= 4 is 5.82 Å². The van der Waals surface area contributed by atoms with E-state index in [1.54, 1.807) is 6.20 Å². The standard InChI is InChI=1S/C12H21N5/c1-2-16-5-7-17(8-6-16)10-11-3-4-14-12(9-11)15-13/h3-4,9H,2,5-8,10,13H2,1H3,(H,14,15). The predicted octanol–water partition coefficient (Wildman–Crippen LogP) is 0.505. The van der Waals surface area contributed by atoms with Gasteiger partial charge in [-0.25, -0.2) is 10.8 Å². The van der Waals surface area contributed by atoms with E-state index < -0.39 is 0 Å². The van der Waals surface area contributed by atoms with Crippen LogP contribution in [0.25, 0.3) is 0 Å². The van der Waals surface area contributed by atoms with E-state index in [0.29, 0.717) is 0 Å². The van der Waals surface area contributed by atoms with Gasteiger partial charge in [0.05, 0.1) is 0 Å². The molecule has 0 unspecified atom stereocenters. The van der Waals surface area contributed by atoms with Crippen molar-refractivity contribution in [3.63, 3.8) is 0 Å². The van der Waals surface area contributed by atoms with Crippen molar-refractivity contribution in [2.45, 2.75) is 13.5 Å². The van der Waals surface area contributed by atoms with Crippen molar-refractivity contribution in [2.75, 3.05) is 38.1 Å². The van der Waals surface area contributed by atoms with Crippen LogP contribution in [0.15, 0.2) is 18.3 Å². The summed E-state index contributed by atoms with van der Waals surface area (Å²) in [6.07, 6.45) is 1.80. The molecular weight excluding hydrogens is 214 g/mol. The molecular formula is C12H21N5. The third-order valence-corrected chi connectivity index (χ3v) is 3.29. The Morgan fingerprint density at radius 1 is 1.29 bits per heavy atom. The quantitative estimate of drug-likeness (QED) is 0.588. The Labute approximate surface area is 103 Å². The summed E-state index contributed by atoms with van der Waals surface area (Å²) >= 11 is 0. The maximum absolute atomic E-state index is 5.36. The minimum atomic E-state index is 0.731. The fourth-order valence-corrected chi connectivity index (χ4v) is 2.17. The van der Waals surface area contributed by atoms with Gasteiger partial charge in [0.15, 0.2) is 0 Å². The van der Waals surface area contributed by atoms with Gasteiger partial charge in [0, 0.05) is 38.9 Å². The van der Waals surface area contributed by atoms with Crippen LogP contribution in [0.2, 0.25) is 0 Å². The number of pyridine rings is 1. The van der Waals surface area contributed by atoms with Gasteiger partial charge in [0.25, 0.3) is 0 Å². The van der Waals surface area contributed by atoms with Crippen LogP contribution in [-0.2, 0) is 6.54 Å². The minimum absolute atomic E-state index is 0.731. The number of hydrogen-bond donors (Lipinski definition) is 2. The van der Waals surface area contributed by atoms with E-state index in [1.807, 2.05) is 12.1 Å². The fraction of sp³-hybridized carbons (Fsp3) is 0.583. The molecule has 5 heteroatoms. The Morgan fingerprint density at radius 3 is 2.65 bits per heavy atom. The normalized spacial score (nSPS) is 18.2. The molecule has 2 heterocycles. The number of aromatic nitrogens is 1. The van der Waals surface area contributed by atoms with E-state index in [0.717, 1.165) is 32.0 Å². The zero-order chi connectivity index (χ0) is 12.1. The van der Waals surface area contributed by atoms with Gasteiger partial charge in [-0.2, -0.15) is 0 Å². The molecule has 3 N–H and O–H groups in total. The second-order valence-electron chi connectivity index (χ2n) is 4.40. The summed E-state index contributed by atoms with van der Waals surface area (Å²) in [4.78, 5) is 9.07. The Hall–Kier alpha value is -1.17. The third-order valence-electron chi connectivity index (χ3n) is 3.29. The maximum atomic E-state index is 5.36. The SMILES string of the molecule is CCN1CCN(Cc2ccnc(NN)c2)CC1.